The van der Waals surface area contributed by atoms with E-state index < -0.39 is 58.4 Å². The van der Waals surface area contributed by atoms with Crippen LogP contribution in [-0.4, -0.2) is 123 Å². The number of carbonyl (C=O) groups is 4. The van der Waals surface area contributed by atoms with Crippen molar-refractivity contribution in [3.8, 4) is 0 Å². The van der Waals surface area contributed by atoms with E-state index in [1.807, 2.05) is 0 Å². The van der Waals surface area contributed by atoms with Gasteiger partial charge in [-0.25, -0.2) is 0 Å². The van der Waals surface area contributed by atoms with E-state index in [9.17, 15) is 24.3 Å². The van der Waals surface area contributed by atoms with Gasteiger partial charge in [0.1, 0.15) is 6.04 Å². The first kappa shape index (κ1) is 27.9. The summed E-state index contributed by atoms with van der Waals surface area (Å²) >= 11 is 0. The first-order valence-electron chi connectivity index (χ1n) is 9.00. The van der Waals surface area contributed by atoms with Gasteiger partial charge in [-0.3, -0.25) is 29.0 Å². The summed E-state index contributed by atoms with van der Waals surface area (Å²) in [5, 5.41) is 36.5. The molecule has 13 nitrogen and oxygen atoms in total. The fourth-order valence-corrected chi connectivity index (χ4v) is 4.67. The Morgan fingerprint density at radius 1 is 0.800 bits per heavy atom. The summed E-state index contributed by atoms with van der Waals surface area (Å²) in [6.45, 7) is -2.04. The normalized spacial score (nSPS) is 12.8. The van der Waals surface area contributed by atoms with Crippen molar-refractivity contribution < 1.29 is 52.9 Å². The molecule has 0 fully saturated rings. The highest BCUT2D eigenvalue weighted by Gasteiger charge is 2.38. The second-order valence-corrected chi connectivity index (χ2v) is 9.49. The van der Waals surface area contributed by atoms with Gasteiger partial charge >= 0.3 is 32.7 Å². The lowest BCUT2D eigenvalue weighted by Gasteiger charge is -2.30. The number of rotatable bonds is 18. The summed E-state index contributed by atoms with van der Waals surface area (Å²) in [6, 6.07) is -0.874. The van der Waals surface area contributed by atoms with E-state index in [4.69, 9.17) is 28.6 Å². The Morgan fingerprint density at radius 2 is 1.27 bits per heavy atom. The van der Waals surface area contributed by atoms with Crippen LogP contribution in [0, 0.1) is 0 Å². The van der Waals surface area contributed by atoms with Gasteiger partial charge in [0.15, 0.2) is 0 Å². The van der Waals surface area contributed by atoms with Crippen molar-refractivity contribution in [2.24, 2.45) is 0 Å². The Morgan fingerprint density at radius 3 is 1.63 bits per heavy atom. The molecule has 0 aliphatic heterocycles. The molecule has 0 aliphatic carbocycles. The van der Waals surface area contributed by atoms with E-state index in [0.29, 0.717) is 12.5 Å². The number of carboxylic acid groups (broad SMARTS) is 4. The highest BCUT2D eigenvalue weighted by atomic mass is 28.4. The third-order valence-electron chi connectivity index (χ3n) is 4.38. The summed E-state index contributed by atoms with van der Waals surface area (Å²) in [6.07, 6.45) is 0.369. The smallest absolute Gasteiger partial charge is 0.480 e. The molecule has 0 spiro atoms. The van der Waals surface area contributed by atoms with Crippen LogP contribution in [-0.2, 0) is 32.5 Å². The largest absolute Gasteiger partial charge is 0.500 e. The Kier molecular flexibility index (Phi) is 13.0. The molecule has 0 saturated heterocycles. The zero-order chi connectivity index (χ0) is 23.3. The molecule has 0 rings (SSSR count). The average Bonchev–Trinajstić information content (AvgIpc) is 2.64. The molecule has 1 unspecified atom stereocenters. The van der Waals surface area contributed by atoms with Crippen LogP contribution in [0.3, 0.4) is 0 Å². The van der Waals surface area contributed by atoms with Gasteiger partial charge in [-0.15, -0.1) is 0 Å². The SMILES string of the molecule is CO[Si](CCCC(C(=O)O)N(CCN(CC(=O)O)CC(=O)O)CC(=O)O)(OC)OC. The van der Waals surface area contributed by atoms with Gasteiger partial charge in [-0.05, 0) is 12.8 Å². The molecule has 0 radical (unpaired) electrons. The fraction of sp³-hybridized carbons (Fsp3) is 0.750. The van der Waals surface area contributed by atoms with Gasteiger partial charge in [0.25, 0.3) is 0 Å². The first-order chi connectivity index (χ1) is 14.0. The standard InChI is InChI=1S/C16H30N2O11Si/c1-27-30(28-2,29-3)8-4-5-12(16(25)26)18(11-15(23)24)7-6-17(9-13(19)20)10-14(21)22/h12H,4-11H2,1-3H3,(H,19,20)(H,21,22)(H,23,24)(H,25,26). The molecule has 0 aromatic heterocycles. The Labute approximate surface area is 175 Å². The lowest BCUT2D eigenvalue weighted by Crippen LogP contribution is -2.49. The molecule has 1 atom stereocenters. The van der Waals surface area contributed by atoms with Crippen molar-refractivity contribution in [2.45, 2.75) is 24.9 Å². The fourth-order valence-electron chi connectivity index (χ4n) is 2.92. The number of hydrogen-bond acceptors (Lipinski definition) is 9. The molecule has 0 amide bonds. The topological polar surface area (TPSA) is 183 Å². The molecule has 0 saturated carbocycles. The van der Waals surface area contributed by atoms with E-state index in [0.717, 1.165) is 9.80 Å². The molecule has 0 aliphatic rings. The van der Waals surface area contributed by atoms with Gasteiger partial charge in [0.2, 0.25) is 0 Å². The van der Waals surface area contributed by atoms with Crippen LogP contribution in [0.2, 0.25) is 6.04 Å². The molecule has 0 heterocycles. The minimum absolute atomic E-state index is 0.0608. The average molecular weight is 455 g/mol. The van der Waals surface area contributed by atoms with E-state index >= 15 is 0 Å². The monoisotopic (exact) mass is 454 g/mol. The van der Waals surface area contributed by atoms with E-state index in [-0.39, 0.29) is 19.5 Å². The molecule has 174 valence electrons. The number of nitrogens with zero attached hydrogens (tertiary/aromatic N) is 2. The van der Waals surface area contributed by atoms with Crippen molar-refractivity contribution >= 4 is 32.7 Å². The number of aliphatic carboxylic acids is 4. The Bertz CT molecular complexity index is 561. The van der Waals surface area contributed by atoms with Crippen molar-refractivity contribution in [1.29, 1.82) is 0 Å². The molecule has 0 aromatic carbocycles. The lowest BCUT2D eigenvalue weighted by molar-refractivity contribution is -0.148. The molecular formula is C16H30N2O11Si. The molecule has 14 heteroatoms. The van der Waals surface area contributed by atoms with Gasteiger partial charge < -0.3 is 33.7 Å². The van der Waals surface area contributed by atoms with Gasteiger partial charge in [0, 0.05) is 40.5 Å². The molecule has 4 N–H and O–H groups in total. The van der Waals surface area contributed by atoms with Gasteiger partial charge in [-0.2, -0.15) is 0 Å². The minimum atomic E-state index is -2.93. The second-order valence-electron chi connectivity index (χ2n) is 6.40. The number of carboxylic acids is 4. The van der Waals surface area contributed by atoms with Crippen LogP contribution in [0.5, 0.6) is 0 Å². The third-order valence-corrected chi connectivity index (χ3v) is 7.21. The Hall–Kier alpha value is -2.10. The lowest BCUT2D eigenvalue weighted by atomic mass is 10.1. The summed E-state index contributed by atoms with van der Waals surface area (Å²) in [5.41, 5.74) is 0. The third kappa shape index (κ3) is 10.6. The van der Waals surface area contributed by atoms with Crippen molar-refractivity contribution in [3.05, 3.63) is 0 Å². The maximum Gasteiger partial charge on any atom is 0.500 e. The van der Waals surface area contributed by atoms with Crippen LogP contribution >= 0.6 is 0 Å². The highest BCUT2D eigenvalue weighted by Crippen LogP contribution is 2.19. The zero-order valence-electron chi connectivity index (χ0n) is 17.3. The summed E-state index contributed by atoms with van der Waals surface area (Å²) in [7, 11) is 1.34. The van der Waals surface area contributed by atoms with Crippen LogP contribution < -0.4 is 0 Å². The van der Waals surface area contributed by atoms with E-state index in [2.05, 4.69) is 0 Å². The zero-order valence-corrected chi connectivity index (χ0v) is 18.3. The maximum atomic E-state index is 11.8. The van der Waals surface area contributed by atoms with Gasteiger partial charge in [0.05, 0.1) is 19.6 Å². The molecular weight excluding hydrogens is 424 g/mol. The van der Waals surface area contributed by atoms with E-state index in [1.165, 1.54) is 21.3 Å². The first-order valence-corrected chi connectivity index (χ1v) is 10.9. The quantitative estimate of drug-likeness (QED) is 0.184. The van der Waals surface area contributed by atoms with Crippen molar-refractivity contribution in [2.75, 3.05) is 54.1 Å². The highest BCUT2D eigenvalue weighted by molar-refractivity contribution is 6.60. The molecule has 0 bridgehead atoms. The predicted molar refractivity (Wildman–Crippen MR) is 103 cm³/mol. The summed E-state index contributed by atoms with van der Waals surface area (Å²) < 4.78 is 15.8. The van der Waals surface area contributed by atoms with Crippen molar-refractivity contribution in [1.82, 2.24) is 9.80 Å². The van der Waals surface area contributed by atoms with Crippen molar-refractivity contribution in [3.63, 3.8) is 0 Å². The second kappa shape index (κ2) is 14.0. The maximum absolute atomic E-state index is 11.8. The summed E-state index contributed by atoms with van der Waals surface area (Å²) in [5.74, 6) is -5.02. The van der Waals surface area contributed by atoms with Crippen LogP contribution in [0.25, 0.3) is 0 Å². The van der Waals surface area contributed by atoms with Crippen LogP contribution in [0.1, 0.15) is 12.8 Å². The predicted octanol–water partition coefficient (Wildman–Crippen LogP) is -1.04. The van der Waals surface area contributed by atoms with E-state index in [1.54, 1.807) is 0 Å². The van der Waals surface area contributed by atoms with Gasteiger partial charge in [-0.1, -0.05) is 0 Å². The molecule has 0 aromatic rings. The minimum Gasteiger partial charge on any atom is -0.480 e. The van der Waals surface area contributed by atoms with Crippen LogP contribution in [0.15, 0.2) is 0 Å². The summed E-state index contributed by atoms with van der Waals surface area (Å²) in [4.78, 5) is 47.0. The molecule has 30 heavy (non-hydrogen) atoms. The van der Waals surface area contributed by atoms with Crippen LogP contribution in [0.4, 0.5) is 0 Å². The Balaban J connectivity index is 5.24. The number of hydrogen-bond donors (Lipinski definition) is 4.